The number of methoxy groups -OCH3 is 1. The van der Waals surface area contributed by atoms with Gasteiger partial charge in [-0.2, -0.15) is 0 Å². The molecular weight excluding hydrogens is 505 g/mol. The van der Waals surface area contributed by atoms with E-state index in [1.54, 1.807) is 7.11 Å². The fraction of sp³-hybridized carbons (Fsp3) is 0.591. The van der Waals surface area contributed by atoms with Crippen molar-refractivity contribution >= 4 is 29.9 Å². The number of nitrogens with zero attached hydrogens (tertiary/aromatic N) is 5. The molecule has 170 valence electrons. The van der Waals surface area contributed by atoms with Crippen LogP contribution in [-0.4, -0.2) is 58.9 Å². The number of fused-ring (bicyclic) bond motifs is 1. The van der Waals surface area contributed by atoms with Crippen LogP contribution in [-0.2, 0) is 19.5 Å². The monoisotopic (exact) mass is 539 g/mol. The van der Waals surface area contributed by atoms with Gasteiger partial charge in [-0.3, -0.25) is 4.90 Å². The second-order valence-electron chi connectivity index (χ2n) is 7.90. The average Bonchev–Trinajstić information content (AvgIpc) is 3.52. The first-order valence-electron chi connectivity index (χ1n) is 11.1. The van der Waals surface area contributed by atoms with Crippen LogP contribution >= 0.6 is 24.0 Å². The van der Waals surface area contributed by atoms with Crippen molar-refractivity contribution in [2.24, 2.45) is 4.99 Å². The topological polar surface area (TPSA) is 79.6 Å². The quantitative estimate of drug-likeness (QED) is 0.305. The number of hydrogen-bond donors (Lipinski definition) is 2. The van der Waals surface area contributed by atoms with Gasteiger partial charge in [0.1, 0.15) is 18.1 Å². The first-order chi connectivity index (χ1) is 14.8. The number of aliphatic imine (C=N–C) groups is 1. The third-order valence-corrected chi connectivity index (χ3v) is 5.95. The second-order valence-corrected chi connectivity index (χ2v) is 7.90. The summed E-state index contributed by atoms with van der Waals surface area (Å²) < 4.78 is 7.54. The van der Waals surface area contributed by atoms with Gasteiger partial charge in [-0.15, -0.1) is 34.2 Å². The van der Waals surface area contributed by atoms with Gasteiger partial charge in [0.05, 0.1) is 13.2 Å². The van der Waals surface area contributed by atoms with Crippen molar-refractivity contribution in [2.75, 3.05) is 33.3 Å². The third kappa shape index (κ3) is 5.88. The maximum Gasteiger partial charge on any atom is 0.191 e. The van der Waals surface area contributed by atoms with Crippen molar-refractivity contribution in [1.82, 2.24) is 30.3 Å². The number of rotatable bonds is 8. The molecule has 1 saturated heterocycles. The summed E-state index contributed by atoms with van der Waals surface area (Å²) in [6, 6.07) is 8.74. The zero-order chi connectivity index (χ0) is 20.8. The molecule has 1 aromatic carbocycles. The fourth-order valence-electron chi connectivity index (χ4n) is 4.35. The maximum atomic E-state index is 5.33. The Morgan fingerprint density at radius 3 is 2.58 bits per heavy atom. The number of aromatic nitrogens is 3. The maximum absolute atomic E-state index is 5.33. The summed E-state index contributed by atoms with van der Waals surface area (Å²) in [6.07, 6.45) is 4.70. The van der Waals surface area contributed by atoms with Gasteiger partial charge in [0.2, 0.25) is 0 Å². The number of hydrogen-bond acceptors (Lipinski definition) is 5. The first kappa shape index (κ1) is 23.8. The molecular formula is C22H34IN7O. The molecule has 0 saturated carbocycles. The minimum Gasteiger partial charge on any atom is -0.497 e. The van der Waals surface area contributed by atoms with Gasteiger partial charge >= 0.3 is 0 Å². The molecule has 4 rings (SSSR count). The Hall–Kier alpha value is -1.88. The highest BCUT2D eigenvalue weighted by Gasteiger charge is 2.24. The van der Waals surface area contributed by atoms with Crippen molar-refractivity contribution in [1.29, 1.82) is 0 Å². The highest BCUT2D eigenvalue weighted by molar-refractivity contribution is 14.0. The van der Waals surface area contributed by atoms with Gasteiger partial charge in [-0.25, -0.2) is 4.99 Å². The van der Waals surface area contributed by atoms with E-state index in [2.05, 4.69) is 49.4 Å². The van der Waals surface area contributed by atoms with E-state index >= 15 is 0 Å². The van der Waals surface area contributed by atoms with Crippen molar-refractivity contribution in [3.05, 3.63) is 41.5 Å². The smallest absolute Gasteiger partial charge is 0.191 e. The van der Waals surface area contributed by atoms with E-state index in [9.17, 15) is 0 Å². The summed E-state index contributed by atoms with van der Waals surface area (Å²) in [5.74, 6) is 3.76. The lowest BCUT2D eigenvalue weighted by Gasteiger charge is -2.29. The van der Waals surface area contributed by atoms with Crippen LogP contribution in [0.2, 0.25) is 0 Å². The first-order valence-corrected chi connectivity index (χ1v) is 11.1. The summed E-state index contributed by atoms with van der Waals surface area (Å²) in [5.41, 5.74) is 1.30. The molecule has 9 heteroatoms. The molecule has 1 unspecified atom stereocenters. The lowest BCUT2D eigenvalue weighted by atomic mass is 10.1. The normalized spacial score (nSPS) is 17.2. The van der Waals surface area contributed by atoms with Crippen molar-refractivity contribution in [3.63, 3.8) is 0 Å². The Morgan fingerprint density at radius 1 is 1.10 bits per heavy atom. The van der Waals surface area contributed by atoms with E-state index in [1.165, 1.54) is 18.4 Å². The molecule has 31 heavy (non-hydrogen) atoms. The summed E-state index contributed by atoms with van der Waals surface area (Å²) in [4.78, 5) is 7.34. The van der Waals surface area contributed by atoms with Crippen LogP contribution in [0, 0.1) is 0 Å². The summed E-state index contributed by atoms with van der Waals surface area (Å²) >= 11 is 0. The molecule has 3 heterocycles. The molecule has 0 bridgehead atoms. The molecule has 0 spiro atoms. The Morgan fingerprint density at radius 2 is 1.87 bits per heavy atom. The minimum atomic E-state index is 0. The largest absolute Gasteiger partial charge is 0.497 e. The molecule has 2 aliphatic rings. The van der Waals surface area contributed by atoms with Crippen LogP contribution < -0.4 is 15.4 Å². The molecule has 1 fully saturated rings. The Balaban J connectivity index is 0.00000272. The van der Waals surface area contributed by atoms with E-state index in [4.69, 9.17) is 9.73 Å². The lowest BCUT2D eigenvalue weighted by Crippen LogP contribution is -2.42. The zero-order valence-electron chi connectivity index (χ0n) is 18.5. The Kier molecular flexibility index (Phi) is 8.94. The lowest BCUT2D eigenvalue weighted by molar-refractivity contribution is 0.245. The van der Waals surface area contributed by atoms with Crippen LogP contribution in [0.15, 0.2) is 29.3 Å². The summed E-state index contributed by atoms with van der Waals surface area (Å²) in [7, 11) is 1.71. The second kappa shape index (κ2) is 11.7. The van der Waals surface area contributed by atoms with Gasteiger partial charge in [0.15, 0.2) is 11.8 Å². The Bertz CT molecular complexity index is 846. The van der Waals surface area contributed by atoms with Crippen molar-refractivity contribution in [3.8, 4) is 5.75 Å². The third-order valence-electron chi connectivity index (χ3n) is 5.95. The van der Waals surface area contributed by atoms with E-state index in [1.807, 2.05) is 12.1 Å². The number of guanidine groups is 1. The molecule has 0 radical (unpaired) electrons. The van der Waals surface area contributed by atoms with E-state index in [0.717, 1.165) is 68.9 Å². The van der Waals surface area contributed by atoms with Crippen LogP contribution in [0.25, 0.3) is 0 Å². The van der Waals surface area contributed by atoms with Crippen LogP contribution in [0.1, 0.15) is 49.4 Å². The van der Waals surface area contributed by atoms with E-state index in [-0.39, 0.29) is 24.0 Å². The average molecular weight is 539 g/mol. The number of aryl methyl sites for hydroxylation is 1. The molecule has 1 aromatic heterocycles. The predicted molar refractivity (Wildman–Crippen MR) is 133 cm³/mol. The number of nitrogens with one attached hydrogen (secondary N) is 2. The summed E-state index contributed by atoms with van der Waals surface area (Å²) in [6.45, 7) is 7.53. The van der Waals surface area contributed by atoms with Gasteiger partial charge in [-0.1, -0.05) is 12.1 Å². The van der Waals surface area contributed by atoms with E-state index < -0.39 is 0 Å². The number of halogens is 1. The Labute approximate surface area is 201 Å². The number of ether oxygens (including phenoxy) is 1. The fourth-order valence-corrected chi connectivity index (χ4v) is 4.35. The molecule has 8 nitrogen and oxygen atoms in total. The summed E-state index contributed by atoms with van der Waals surface area (Å²) in [5, 5.41) is 15.5. The molecule has 0 amide bonds. The standard InChI is InChI=1S/C22H33N7O.HI/c1-3-23-22(25-16-21-27-26-20-7-6-14-29(20)21)24-15-19(28-12-4-5-13-28)17-8-10-18(30-2)11-9-17;/h8-11,19H,3-7,12-16H2,1-2H3,(H2,23,24,25);1H. The van der Waals surface area contributed by atoms with Gasteiger partial charge in [-0.05, 0) is 57.0 Å². The highest BCUT2D eigenvalue weighted by atomic mass is 127. The number of benzene rings is 1. The van der Waals surface area contributed by atoms with Crippen molar-refractivity contribution in [2.45, 2.75) is 51.7 Å². The van der Waals surface area contributed by atoms with Crippen molar-refractivity contribution < 1.29 is 4.74 Å². The number of likely N-dealkylation sites (tertiary alicyclic amines) is 1. The van der Waals surface area contributed by atoms with E-state index in [0.29, 0.717) is 12.6 Å². The minimum absolute atomic E-state index is 0. The molecule has 2 aromatic rings. The molecule has 2 aliphatic heterocycles. The SMILES string of the molecule is CCNC(=NCc1nnc2n1CCC2)NCC(c1ccc(OC)cc1)N1CCCC1.I. The predicted octanol–water partition coefficient (Wildman–Crippen LogP) is 2.74. The molecule has 0 aliphatic carbocycles. The van der Waals surface area contributed by atoms with Crippen LogP contribution in [0.4, 0.5) is 0 Å². The van der Waals surface area contributed by atoms with Gasteiger partial charge < -0.3 is 19.9 Å². The van der Waals surface area contributed by atoms with Gasteiger partial charge in [0, 0.05) is 26.1 Å². The van der Waals surface area contributed by atoms with Gasteiger partial charge in [0.25, 0.3) is 0 Å². The zero-order valence-corrected chi connectivity index (χ0v) is 20.8. The highest BCUT2D eigenvalue weighted by Crippen LogP contribution is 2.26. The molecule has 2 N–H and O–H groups in total. The molecule has 1 atom stereocenters. The van der Waals surface area contributed by atoms with Crippen LogP contribution in [0.5, 0.6) is 5.75 Å². The van der Waals surface area contributed by atoms with Crippen LogP contribution in [0.3, 0.4) is 0 Å².